The largest absolute Gasteiger partial charge is 0.323 e. The third-order valence-electron chi connectivity index (χ3n) is 1.61. The van der Waals surface area contributed by atoms with Crippen molar-refractivity contribution in [1.82, 2.24) is 0 Å². The number of aldehydes is 1. The van der Waals surface area contributed by atoms with Crippen LogP contribution in [0.15, 0.2) is 18.2 Å². The first-order chi connectivity index (χ1) is 6.19. The molecule has 0 amide bonds. The van der Waals surface area contributed by atoms with Gasteiger partial charge in [-0.3, -0.25) is 10.6 Å². The van der Waals surface area contributed by atoms with E-state index in [2.05, 4.69) is 5.43 Å². The zero-order valence-corrected chi connectivity index (χ0v) is 6.63. The molecular formula is C8H8F2N2O. The third-order valence-corrected chi connectivity index (χ3v) is 1.61. The fraction of sp³-hybridized carbons (Fsp3) is 0.125. The Kier molecular flexibility index (Phi) is 2.92. The third kappa shape index (κ3) is 2.00. The van der Waals surface area contributed by atoms with Crippen molar-refractivity contribution in [3.05, 3.63) is 29.3 Å². The topological polar surface area (TPSA) is 55.1 Å². The van der Waals surface area contributed by atoms with Crippen LogP contribution in [0.4, 0.5) is 14.5 Å². The van der Waals surface area contributed by atoms with E-state index in [0.717, 1.165) is 6.07 Å². The fourth-order valence-corrected chi connectivity index (χ4v) is 0.937. The lowest BCUT2D eigenvalue weighted by molar-refractivity contribution is 0.112. The molecule has 5 heteroatoms. The van der Waals surface area contributed by atoms with E-state index in [1.807, 2.05) is 0 Å². The fourth-order valence-electron chi connectivity index (χ4n) is 0.937. The predicted molar refractivity (Wildman–Crippen MR) is 44.6 cm³/mol. The highest BCUT2D eigenvalue weighted by atomic mass is 19.3. The summed E-state index contributed by atoms with van der Waals surface area (Å²) < 4.78 is 24.3. The normalized spacial score (nSPS) is 10.2. The van der Waals surface area contributed by atoms with Crippen LogP contribution < -0.4 is 11.3 Å². The molecule has 0 aromatic heterocycles. The Morgan fingerprint density at radius 2 is 2.15 bits per heavy atom. The summed E-state index contributed by atoms with van der Waals surface area (Å²) >= 11 is 0. The van der Waals surface area contributed by atoms with Gasteiger partial charge in [0.25, 0.3) is 6.43 Å². The number of nitrogen functional groups attached to an aromatic ring is 1. The number of rotatable bonds is 3. The summed E-state index contributed by atoms with van der Waals surface area (Å²) in [5, 5.41) is 0. The Hall–Kier alpha value is -1.49. The summed E-state index contributed by atoms with van der Waals surface area (Å²) in [5.74, 6) is 5.04. The monoisotopic (exact) mass is 186 g/mol. The second kappa shape index (κ2) is 3.95. The van der Waals surface area contributed by atoms with Crippen LogP contribution in [-0.2, 0) is 0 Å². The van der Waals surface area contributed by atoms with Crippen molar-refractivity contribution in [1.29, 1.82) is 0 Å². The molecule has 0 fully saturated rings. The van der Waals surface area contributed by atoms with E-state index in [9.17, 15) is 13.6 Å². The van der Waals surface area contributed by atoms with Crippen molar-refractivity contribution < 1.29 is 13.6 Å². The number of hydrogen-bond donors (Lipinski definition) is 2. The number of halogens is 2. The number of carbonyl (C=O) groups is 1. The van der Waals surface area contributed by atoms with E-state index in [0.29, 0.717) is 6.29 Å². The first kappa shape index (κ1) is 9.60. The Bertz CT molecular complexity index is 315. The summed E-state index contributed by atoms with van der Waals surface area (Å²) in [4.78, 5) is 10.4. The second-order valence-electron chi connectivity index (χ2n) is 2.41. The van der Waals surface area contributed by atoms with Crippen LogP contribution in [0.1, 0.15) is 22.3 Å². The molecule has 1 aromatic carbocycles. The SMILES string of the molecule is NNc1cc(C(F)F)ccc1C=O. The average Bonchev–Trinajstić information content (AvgIpc) is 2.16. The van der Waals surface area contributed by atoms with Crippen LogP contribution in [0.5, 0.6) is 0 Å². The van der Waals surface area contributed by atoms with Gasteiger partial charge in [0.15, 0.2) is 6.29 Å². The summed E-state index contributed by atoms with van der Waals surface area (Å²) in [6.07, 6.45) is -2.02. The first-order valence-electron chi connectivity index (χ1n) is 3.53. The van der Waals surface area contributed by atoms with Gasteiger partial charge in [-0.05, 0) is 12.1 Å². The van der Waals surface area contributed by atoms with Crippen LogP contribution in [0, 0.1) is 0 Å². The molecule has 70 valence electrons. The molecule has 0 atom stereocenters. The Labute approximate surface area is 73.5 Å². The molecule has 0 saturated heterocycles. The molecule has 1 aromatic rings. The summed E-state index contributed by atoms with van der Waals surface area (Å²) in [5.41, 5.74) is 2.47. The van der Waals surface area contributed by atoms with Crippen molar-refractivity contribution in [3.8, 4) is 0 Å². The minimum absolute atomic E-state index is 0.168. The van der Waals surface area contributed by atoms with E-state index < -0.39 is 6.43 Å². The smallest absolute Gasteiger partial charge is 0.263 e. The molecule has 0 unspecified atom stereocenters. The van der Waals surface area contributed by atoms with Gasteiger partial charge >= 0.3 is 0 Å². The van der Waals surface area contributed by atoms with Gasteiger partial charge in [0.1, 0.15) is 0 Å². The standard InChI is InChI=1S/C8H8F2N2O/c9-8(10)5-1-2-6(4-13)7(3-5)12-11/h1-4,8,12H,11H2. The van der Waals surface area contributed by atoms with E-state index in [4.69, 9.17) is 5.84 Å². The van der Waals surface area contributed by atoms with Crippen LogP contribution in [-0.4, -0.2) is 6.29 Å². The molecule has 3 nitrogen and oxygen atoms in total. The summed E-state index contributed by atoms with van der Waals surface area (Å²) in [6.45, 7) is 0. The van der Waals surface area contributed by atoms with Gasteiger partial charge < -0.3 is 5.43 Å². The number of nitrogens with one attached hydrogen (secondary N) is 1. The highest BCUT2D eigenvalue weighted by molar-refractivity contribution is 5.84. The lowest BCUT2D eigenvalue weighted by Crippen LogP contribution is -2.09. The van der Waals surface area contributed by atoms with Crippen molar-refractivity contribution in [2.24, 2.45) is 5.84 Å². The van der Waals surface area contributed by atoms with E-state index in [1.165, 1.54) is 12.1 Å². The molecule has 0 heterocycles. The molecule has 0 bridgehead atoms. The second-order valence-corrected chi connectivity index (χ2v) is 2.41. The minimum atomic E-state index is -2.56. The van der Waals surface area contributed by atoms with Gasteiger partial charge in [-0.15, -0.1) is 0 Å². The zero-order chi connectivity index (χ0) is 9.84. The number of hydrazine groups is 1. The molecule has 0 aliphatic carbocycles. The quantitative estimate of drug-likeness (QED) is 0.429. The zero-order valence-electron chi connectivity index (χ0n) is 6.63. The minimum Gasteiger partial charge on any atom is -0.323 e. The Morgan fingerprint density at radius 3 is 2.62 bits per heavy atom. The molecule has 0 spiro atoms. The first-order valence-corrected chi connectivity index (χ1v) is 3.53. The molecule has 0 saturated carbocycles. The van der Waals surface area contributed by atoms with Gasteiger partial charge in [-0.25, -0.2) is 8.78 Å². The number of anilines is 1. The van der Waals surface area contributed by atoms with Crippen LogP contribution >= 0.6 is 0 Å². The lowest BCUT2D eigenvalue weighted by Gasteiger charge is -2.06. The molecule has 0 aliphatic heterocycles. The lowest BCUT2D eigenvalue weighted by atomic mass is 10.1. The highest BCUT2D eigenvalue weighted by Gasteiger charge is 2.09. The van der Waals surface area contributed by atoms with Crippen molar-refractivity contribution in [3.63, 3.8) is 0 Å². The molecule has 3 N–H and O–H groups in total. The van der Waals surface area contributed by atoms with Crippen molar-refractivity contribution in [2.45, 2.75) is 6.43 Å². The highest BCUT2D eigenvalue weighted by Crippen LogP contribution is 2.23. The van der Waals surface area contributed by atoms with Crippen molar-refractivity contribution >= 4 is 12.0 Å². The van der Waals surface area contributed by atoms with Crippen LogP contribution in [0.25, 0.3) is 0 Å². The van der Waals surface area contributed by atoms with Gasteiger partial charge in [0, 0.05) is 11.1 Å². The molecule has 13 heavy (non-hydrogen) atoms. The average molecular weight is 186 g/mol. The van der Waals surface area contributed by atoms with Crippen LogP contribution in [0.3, 0.4) is 0 Å². The Morgan fingerprint density at radius 1 is 1.46 bits per heavy atom. The number of carbonyl (C=O) groups excluding carboxylic acids is 1. The van der Waals surface area contributed by atoms with Gasteiger partial charge in [0.2, 0.25) is 0 Å². The predicted octanol–water partition coefficient (Wildman–Crippen LogP) is 1.72. The number of alkyl halides is 2. The van der Waals surface area contributed by atoms with Gasteiger partial charge in [-0.2, -0.15) is 0 Å². The molecular weight excluding hydrogens is 178 g/mol. The molecule has 1 rings (SSSR count). The molecule has 0 aliphatic rings. The summed E-state index contributed by atoms with van der Waals surface area (Å²) in [6, 6.07) is 3.63. The number of nitrogens with two attached hydrogens (primary N) is 1. The molecule has 0 radical (unpaired) electrons. The van der Waals surface area contributed by atoms with Crippen LogP contribution in [0.2, 0.25) is 0 Å². The van der Waals surface area contributed by atoms with E-state index in [1.54, 1.807) is 0 Å². The van der Waals surface area contributed by atoms with E-state index >= 15 is 0 Å². The maximum atomic E-state index is 12.2. The number of hydrogen-bond acceptors (Lipinski definition) is 3. The number of benzene rings is 1. The maximum Gasteiger partial charge on any atom is 0.263 e. The van der Waals surface area contributed by atoms with Gasteiger partial charge in [-0.1, -0.05) is 6.07 Å². The summed E-state index contributed by atoms with van der Waals surface area (Å²) in [7, 11) is 0. The Balaban J connectivity index is 3.12. The van der Waals surface area contributed by atoms with E-state index in [-0.39, 0.29) is 16.8 Å². The maximum absolute atomic E-state index is 12.2. The van der Waals surface area contributed by atoms with Gasteiger partial charge in [0.05, 0.1) is 5.69 Å². The van der Waals surface area contributed by atoms with Crippen molar-refractivity contribution in [2.75, 3.05) is 5.43 Å².